The van der Waals surface area contributed by atoms with Crippen molar-refractivity contribution >= 4 is 10.0 Å². The molecule has 1 aromatic rings. The van der Waals surface area contributed by atoms with Crippen LogP contribution in [0.3, 0.4) is 0 Å². The molecule has 0 fully saturated rings. The van der Waals surface area contributed by atoms with Crippen molar-refractivity contribution in [3.05, 3.63) is 11.3 Å². The first-order valence-corrected chi connectivity index (χ1v) is 8.96. The van der Waals surface area contributed by atoms with Crippen molar-refractivity contribution in [1.82, 2.24) is 20.2 Å². The highest BCUT2D eigenvalue weighted by Crippen LogP contribution is 2.18. The van der Waals surface area contributed by atoms with Gasteiger partial charge in [-0.3, -0.25) is 5.10 Å². The Morgan fingerprint density at radius 2 is 1.86 bits per heavy atom. The van der Waals surface area contributed by atoms with Gasteiger partial charge in [0.1, 0.15) is 0 Å². The topological polar surface area (TPSA) is 86.9 Å². The number of rotatable bonds is 8. The molecule has 0 bridgehead atoms. The molecule has 2 atom stereocenters. The van der Waals surface area contributed by atoms with Crippen molar-refractivity contribution < 1.29 is 8.42 Å². The normalized spacial score (nSPS) is 15.4. The molecule has 0 aliphatic rings. The molecular formula is C14H28N4O2S. The number of nitrogens with zero attached hydrogens (tertiary/aromatic N) is 1. The lowest BCUT2D eigenvalue weighted by molar-refractivity contribution is 0.433. The first-order valence-electron chi connectivity index (χ1n) is 7.48. The van der Waals surface area contributed by atoms with Crippen molar-refractivity contribution in [3.63, 3.8) is 0 Å². The molecule has 21 heavy (non-hydrogen) atoms. The number of hydrogen-bond acceptors (Lipinski definition) is 4. The second-order valence-electron chi connectivity index (χ2n) is 5.96. The van der Waals surface area contributed by atoms with Crippen molar-refractivity contribution in [2.24, 2.45) is 5.92 Å². The third-order valence-corrected chi connectivity index (χ3v) is 5.35. The van der Waals surface area contributed by atoms with E-state index in [2.05, 4.69) is 20.2 Å². The molecule has 0 amide bonds. The van der Waals surface area contributed by atoms with E-state index in [4.69, 9.17) is 0 Å². The number of aromatic amines is 1. The molecule has 1 aromatic heterocycles. The van der Waals surface area contributed by atoms with Crippen LogP contribution in [0.5, 0.6) is 0 Å². The van der Waals surface area contributed by atoms with Crippen LogP contribution in [0, 0.1) is 12.8 Å². The Labute approximate surface area is 128 Å². The first-order chi connectivity index (χ1) is 9.69. The maximum atomic E-state index is 12.5. The van der Waals surface area contributed by atoms with E-state index in [1.165, 1.54) is 0 Å². The van der Waals surface area contributed by atoms with Gasteiger partial charge in [-0.05, 0) is 19.8 Å². The zero-order chi connectivity index (χ0) is 16.2. The van der Waals surface area contributed by atoms with E-state index in [-0.39, 0.29) is 23.0 Å². The Morgan fingerprint density at radius 1 is 1.24 bits per heavy atom. The van der Waals surface area contributed by atoms with Gasteiger partial charge in [-0.25, -0.2) is 13.1 Å². The van der Waals surface area contributed by atoms with Gasteiger partial charge in [0.05, 0.1) is 0 Å². The first kappa shape index (κ1) is 18.1. The highest BCUT2D eigenvalue weighted by atomic mass is 32.2. The molecule has 1 heterocycles. The van der Waals surface area contributed by atoms with E-state index in [0.29, 0.717) is 12.1 Å². The predicted octanol–water partition coefficient (Wildman–Crippen LogP) is 1.93. The molecule has 3 N–H and O–H groups in total. The number of hydrogen-bond donors (Lipinski definition) is 3. The predicted molar refractivity (Wildman–Crippen MR) is 84.5 cm³/mol. The average Bonchev–Trinajstić information content (AvgIpc) is 2.76. The SMILES string of the molecule is CCC(C)C(C)NS(=O)(=O)c1n[nH]c(C)c1CNC(C)C. The molecule has 122 valence electrons. The maximum Gasteiger partial charge on any atom is 0.260 e. The monoisotopic (exact) mass is 316 g/mol. The average molecular weight is 316 g/mol. The fraction of sp³-hybridized carbons (Fsp3) is 0.786. The van der Waals surface area contributed by atoms with Crippen LogP contribution in [0.25, 0.3) is 0 Å². The summed E-state index contributed by atoms with van der Waals surface area (Å²) >= 11 is 0. The Kier molecular flexibility index (Phi) is 6.37. The van der Waals surface area contributed by atoms with Gasteiger partial charge in [-0.15, -0.1) is 0 Å². The van der Waals surface area contributed by atoms with E-state index in [0.717, 1.165) is 12.1 Å². The van der Waals surface area contributed by atoms with Crippen LogP contribution in [0.4, 0.5) is 0 Å². The number of nitrogens with one attached hydrogen (secondary N) is 3. The molecule has 0 aliphatic carbocycles. The molecule has 0 aliphatic heterocycles. The Bertz CT molecular complexity index is 551. The summed E-state index contributed by atoms with van der Waals surface area (Å²) in [5.74, 6) is 0.275. The maximum absolute atomic E-state index is 12.5. The molecule has 0 spiro atoms. The Balaban J connectivity index is 2.98. The minimum absolute atomic E-state index is 0.100. The second-order valence-corrected chi connectivity index (χ2v) is 7.59. The van der Waals surface area contributed by atoms with Gasteiger partial charge in [-0.1, -0.05) is 34.1 Å². The van der Waals surface area contributed by atoms with E-state index < -0.39 is 10.0 Å². The molecule has 0 saturated carbocycles. The van der Waals surface area contributed by atoms with Crippen LogP contribution in [-0.2, 0) is 16.6 Å². The van der Waals surface area contributed by atoms with E-state index in [9.17, 15) is 8.42 Å². The van der Waals surface area contributed by atoms with E-state index in [1.54, 1.807) is 0 Å². The lowest BCUT2D eigenvalue weighted by Crippen LogP contribution is -2.37. The lowest BCUT2D eigenvalue weighted by Gasteiger charge is -2.19. The number of aromatic nitrogens is 2. The second kappa shape index (κ2) is 7.38. The van der Waals surface area contributed by atoms with Gasteiger partial charge in [0, 0.05) is 29.9 Å². The molecule has 6 nitrogen and oxygen atoms in total. The van der Waals surface area contributed by atoms with Crippen LogP contribution < -0.4 is 10.0 Å². The van der Waals surface area contributed by atoms with Crippen LogP contribution in [0.15, 0.2) is 5.03 Å². The Hall–Kier alpha value is -0.920. The van der Waals surface area contributed by atoms with Gasteiger partial charge in [0.25, 0.3) is 10.0 Å². The fourth-order valence-electron chi connectivity index (χ4n) is 1.94. The number of H-pyrrole nitrogens is 1. The molecule has 0 radical (unpaired) electrons. The van der Waals surface area contributed by atoms with Gasteiger partial charge >= 0.3 is 0 Å². The van der Waals surface area contributed by atoms with Crippen molar-refractivity contribution in [1.29, 1.82) is 0 Å². The molecular weight excluding hydrogens is 288 g/mol. The minimum atomic E-state index is -3.60. The summed E-state index contributed by atoms with van der Waals surface area (Å²) in [5.41, 5.74) is 1.48. The van der Waals surface area contributed by atoms with E-state index in [1.807, 2.05) is 41.5 Å². The van der Waals surface area contributed by atoms with Crippen molar-refractivity contribution in [2.45, 2.75) is 71.6 Å². The molecule has 1 rings (SSSR count). The summed E-state index contributed by atoms with van der Waals surface area (Å²) in [4.78, 5) is 0. The Morgan fingerprint density at radius 3 is 2.38 bits per heavy atom. The summed E-state index contributed by atoms with van der Waals surface area (Å²) in [6, 6.07) is 0.157. The third-order valence-electron chi connectivity index (χ3n) is 3.82. The van der Waals surface area contributed by atoms with Crippen molar-refractivity contribution in [3.8, 4) is 0 Å². The number of sulfonamides is 1. The molecule has 0 saturated heterocycles. The van der Waals surface area contributed by atoms with Crippen LogP contribution in [0.1, 0.15) is 52.3 Å². The van der Waals surface area contributed by atoms with Crippen LogP contribution >= 0.6 is 0 Å². The standard InChI is InChI=1S/C14H28N4O2S/c1-7-10(4)11(5)18-21(19,20)14-13(8-15-9(2)3)12(6)16-17-14/h9-11,15,18H,7-8H2,1-6H3,(H,16,17). The largest absolute Gasteiger partial charge is 0.310 e. The number of aryl methyl sites for hydroxylation is 1. The minimum Gasteiger partial charge on any atom is -0.310 e. The quantitative estimate of drug-likeness (QED) is 0.684. The van der Waals surface area contributed by atoms with E-state index >= 15 is 0 Å². The molecule has 0 aromatic carbocycles. The summed E-state index contributed by atoms with van der Waals surface area (Å²) in [7, 11) is -3.60. The van der Waals surface area contributed by atoms with Crippen LogP contribution in [0.2, 0.25) is 0 Å². The van der Waals surface area contributed by atoms with Crippen molar-refractivity contribution in [2.75, 3.05) is 0 Å². The van der Waals surface area contributed by atoms with Crippen LogP contribution in [-0.4, -0.2) is 30.7 Å². The summed E-state index contributed by atoms with van der Waals surface area (Å²) < 4.78 is 27.8. The summed E-state index contributed by atoms with van der Waals surface area (Å²) in [6.07, 6.45) is 0.922. The smallest absolute Gasteiger partial charge is 0.260 e. The molecule has 7 heteroatoms. The summed E-state index contributed by atoms with van der Waals surface area (Å²) in [5, 5.41) is 10.1. The third kappa shape index (κ3) is 4.79. The van der Waals surface area contributed by atoms with Gasteiger partial charge < -0.3 is 5.32 Å². The van der Waals surface area contributed by atoms with Gasteiger partial charge in [-0.2, -0.15) is 5.10 Å². The van der Waals surface area contributed by atoms with Gasteiger partial charge in [0.2, 0.25) is 0 Å². The fourth-order valence-corrected chi connectivity index (χ4v) is 3.49. The summed E-state index contributed by atoms with van der Waals surface area (Å²) in [6.45, 7) is 12.3. The zero-order valence-corrected chi connectivity index (χ0v) is 14.6. The zero-order valence-electron chi connectivity index (χ0n) is 13.8. The lowest BCUT2D eigenvalue weighted by atomic mass is 10.0. The highest BCUT2D eigenvalue weighted by molar-refractivity contribution is 7.89. The highest BCUT2D eigenvalue weighted by Gasteiger charge is 2.26. The molecule has 2 unspecified atom stereocenters. The van der Waals surface area contributed by atoms with Gasteiger partial charge in [0.15, 0.2) is 5.03 Å².